The summed E-state index contributed by atoms with van der Waals surface area (Å²) in [5.41, 5.74) is 9.65. The molecule has 3 aromatic rings. The van der Waals surface area contributed by atoms with Crippen molar-refractivity contribution in [1.82, 2.24) is 9.97 Å². The van der Waals surface area contributed by atoms with Gasteiger partial charge in [-0.15, -0.1) is 0 Å². The van der Waals surface area contributed by atoms with E-state index in [-0.39, 0.29) is 0 Å². The van der Waals surface area contributed by atoms with Gasteiger partial charge in [0.15, 0.2) is 11.6 Å². The number of fused-ring (bicyclic) bond motifs is 1. The number of nitrogen functional groups attached to an aromatic ring is 1. The zero-order valence-corrected chi connectivity index (χ0v) is 12.5. The van der Waals surface area contributed by atoms with Gasteiger partial charge in [0.25, 0.3) is 0 Å². The molecular weight excluding hydrogens is 316 g/mol. The summed E-state index contributed by atoms with van der Waals surface area (Å²) in [4.78, 5) is 8.88. The van der Waals surface area contributed by atoms with E-state index >= 15 is 0 Å². The third-order valence-corrected chi connectivity index (χ3v) is 3.66. The summed E-state index contributed by atoms with van der Waals surface area (Å²) < 4.78 is 0.956. The Morgan fingerprint density at radius 3 is 2.50 bits per heavy atom. The van der Waals surface area contributed by atoms with Crippen molar-refractivity contribution in [3.05, 3.63) is 52.5 Å². The topological polar surface area (TPSA) is 63.8 Å². The number of halogens is 1. The standard InChI is InChI=1S/C15H13BrN4/c1-9-6-7-10(16)13(8-9)20-15-14(17)18-11-4-2-3-5-12(11)19-15/h2-8H,1H3,(H2,17,18)(H,19,20). The molecule has 3 N–H and O–H groups in total. The number of hydrogen-bond acceptors (Lipinski definition) is 4. The van der Waals surface area contributed by atoms with Crippen LogP contribution in [0.25, 0.3) is 11.0 Å². The summed E-state index contributed by atoms with van der Waals surface area (Å²) >= 11 is 3.51. The van der Waals surface area contributed by atoms with Gasteiger partial charge >= 0.3 is 0 Å². The first-order valence-corrected chi connectivity index (χ1v) is 6.98. The van der Waals surface area contributed by atoms with Gasteiger partial charge < -0.3 is 11.1 Å². The third kappa shape index (κ3) is 2.44. The Hall–Kier alpha value is -2.14. The molecule has 0 spiro atoms. The molecule has 0 saturated carbocycles. The van der Waals surface area contributed by atoms with Gasteiger partial charge in [-0.1, -0.05) is 18.2 Å². The number of benzene rings is 2. The van der Waals surface area contributed by atoms with Crippen LogP contribution in [0.1, 0.15) is 5.56 Å². The Balaban J connectivity index is 2.06. The van der Waals surface area contributed by atoms with Gasteiger partial charge in [0.2, 0.25) is 0 Å². The minimum Gasteiger partial charge on any atom is -0.381 e. The smallest absolute Gasteiger partial charge is 0.174 e. The molecule has 0 fully saturated rings. The lowest BCUT2D eigenvalue weighted by molar-refractivity contribution is 1.28. The van der Waals surface area contributed by atoms with Crippen molar-refractivity contribution < 1.29 is 0 Å². The van der Waals surface area contributed by atoms with Crippen molar-refractivity contribution in [1.29, 1.82) is 0 Å². The average Bonchev–Trinajstić information content (AvgIpc) is 2.43. The second kappa shape index (κ2) is 5.09. The van der Waals surface area contributed by atoms with Gasteiger partial charge in [0.1, 0.15) is 0 Å². The van der Waals surface area contributed by atoms with Gasteiger partial charge in [-0.2, -0.15) is 0 Å². The highest BCUT2D eigenvalue weighted by atomic mass is 79.9. The lowest BCUT2D eigenvalue weighted by atomic mass is 10.2. The molecule has 0 radical (unpaired) electrons. The lowest BCUT2D eigenvalue weighted by Crippen LogP contribution is -2.03. The fourth-order valence-electron chi connectivity index (χ4n) is 1.97. The Bertz CT molecular complexity index is 786. The number of nitrogens with zero attached hydrogens (tertiary/aromatic N) is 2. The number of hydrogen-bond donors (Lipinski definition) is 2. The molecular formula is C15H13BrN4. The van der Waals surface area contributed by atoms with Crippen molar-refractivity contribution in [3.63, 3.8) is 0 Å². The summed E-state index contributed by atoms with van der Waals surface area (Å²) in [5, 5.41) is 3.23. The van der Waals surface area contributed by atoms with E-state index in [2.05, 4.69) is 31.2 Å². The van der Waals surface area contributed by atoms with Crippen LogP contribution in [-0.4, -0.2) is 9.97 Å². The van der Waals surface area contributed by atoms with Crippen LogP contribution in [0, 0.1) is 6.92 Å². The normalized spacial score (nSPS) is 10.7. The van der Waals surface area contributed by atoms with Gasteiger partial charge in [0, 0.05) is 4.47 Å². The molecule has 20 heavy (non-hydrogen) atoms. The van der Waals surface area contributed by atoms with Crippen LogP contribution in [-0.2, 0) is 0 Å². The molecule has 2 aromatic carbocycles. The second-order valence-corrected chi connectivity index (χ2v) is 5.41. The predicted molar refractivity (Wildman–Crippen MR) is 86.1 cm³/mol. The third-order valence-electron chi connectivity index (χ3n) is 2.97. The first-order chi connectivity index (χ1) is 9.63. The van der Waals surface area contributed by atoms with E-state index in [4.69, 9.17) is 5.73 Å². The molecule has 0 atom stereocenters. The predicted octanol–water partition coefficient (Wildman–Crippen LogP) is 4.03. The number of nitrogens with one attached hydrogen (secondary N) is 1. The average molecular weight is 329 g/mol. The summed E-state index contributed by atoms with van der Waals surface area (Å²) in [7, 11) is 0. The molecule has 4 nitrogen and oxygen atoms in total. The van der Waals surface area contributed by atoms with E-state index in [0.717, 1.165) is 26.8 Å². The second-order valence-electron chi connectivity index (χ2n) is 4.55. The van der Waals surface area contributed by atoms with Gasteiger partial charge in [-0.05, 0) is 52.7 Å². The van der Waals surface area contributed by atoms with Crippen LogP contribution >= 0.6 is 15.9 Å². The summed E-state index contributed by atoms with van der Waals surface area (Å²) in [5.74, 6) is 0.951. The first kappa shape index (κ1) is 12.9. The highest BCUT2D eigenvalue weighted by Crippen LogP contribution is 2.28. The molecule has 3 rings (SSSR count). The van der Waals surface area contributed by atoms with Crippen LogP contribution in [0.15, 0.2) is 46.9 Å². The maximum Gasteiger partial charge on any atom is 0.174 e. The Labute approximate surface area is 125 Å². The van der Waals surface area contributed by atoms with E-state index in [1.54, 1.807) is 0 Å². The monoisotopic (exact) mass is 328 g/mol. The van der Waals surface area contributed by atoms with Crippen molar-refractivity contribution >= 4 is 44.3 Å². The number of rotatable bonds is 2. The zero-order valence-electron chi connectivity index (χ0n) is 10.9. The molecule has 0 aliphatic heterocycles. The molecule has 0 unspecified atom stereocenters. The fourth-order valence-corrected chi connectivity index (χ4v) is 2.31. The fraction of sp³-hybridized carbons (Fsp3) is 0.0667. The van der Waals surface area contributed by atoms with E-state index in [1.165, 1.54) is 0 Å². The number of aryl methyl sites for hydroxylation is 1. The molecule has 1 heterocycles. The molecule has 0 saturated heterocycles. The van der Waals surface area contributed by atoms with Crippen LogP contribution < -0.4 is 11.1 Å². The van der Waals surface area contributed by atoms with Gasteiger partial charge in [0.05, 0.1) is 16.7 Å². The highest BCUT2D eigenvalue weighted by molar-refractivity contribution is 9.10. The highest BCUT2D eigenvalue weighted by Gasteiger charge is 2.08. The minimum atomic E-state index is 0.386. The molecule has 5 heteroatoms. The number of nitrogens with two attached hydrogens (primary N) is 1. The first-order valence-electron chi connectivity index (χ1n) is 6.19. The summed E-state index contributed by atoms with van der Waals surface area (Å²) in [6.45, 7) is 2.03. The van der Waals surface area contributed by atoms with Crippen molar-refractivity contribution in [2.75, 3.05) is 11.1 Å². The molecule has 1 aromatic heterocycles. The van der Waals surface area contributed by atoms with Crippen molar-refractivity contribution in [2.24, 2.45) is 0 Å². The SMILES string of the molecule is Cc1ccc(Br)c(Nc2nc3ccccc3nc2N)c1. The van der Waals surface area contributed by atoms with Crippen molar-refractivity contribution in [3.8, 4) is 0 Å². The quantitative estimate of drug-likeness (QED) is 0.745. The van der Waals surface area contributed by atoms with E-state index in [0.29, 0.717) is 11.6 Å². The Morgan fingerprint density at radius 1 is 1.05 bits per heavy atom. The zero-order chi connectivity index (χ0) is 14.1. The number of aromatic nitrogens is 2. The Kier molecular flexibility index (Phi) is 3.28. The van der Waals surface area contributed by atoms with Crippen LogP contribution in [0.3, 0.4) is 0 Å². The number of para-hydroxylation sites is 2. The minimum absolute atomic E-state index is 0.386. The van der Waals surface area contributed by atoms with Crippen molar-refractivity contribution in [2.45, 2.75) is 6.92 Å². The van der Waals surface area contributed by atoms with Gasteiger partial charge in [-0.3, -0.25) is 0 Å². The molecule has 0 bridgehead atoms. The largest absolute Gasteiger partial charge is 0.381 e. The summed E-state index contributed by atoms with van der Waals surface area (Å²) in [6.07, 6.45) is 0. The van der Waals surface area contributed by atoms with E-state index in [9.17, 15) is 0 Å². The van der Waals surface area contributed by atoms with Crippen LogP contribution in [0.2, 0.25) is 0 Å². The van der Waals surface area contributed by atoms with E-state index in [1.807, 2.05) is 49.4 Å². The van der Waals surface area contributed by atoms with Crippen LogP contribution in [0.5, 0.6) is 0 Å². The number of anilines is 3. The molecule has 0 amide bonds. The lowest BCUT2D eigenvalue weighted by Gasteiger charge is -2.11. The van der Waals surface area contributed by atoms with E-state index < -0.39 is 0 Å². The molecule has 100 valence electrons. The molecule has 0 aliphatic carbocycles. The maximum absolute atomic E-state index is 5.97. The Morgan fingerprint density at radius 2 is 1.75 bits per heavy atom. The maximum atomic E-state index is 5.97. The summed E-state index contributed by atoms with van der Waals surface area (Å²) in [6, 6.07) is 13.7. The molecule has 0 aliphatic rings. The van der Waals surface area contributed by atoms with Gasteiger partial charge in [-0.25, -0.2) is 9.97 Å². The van der Waals surface area contributed by atoms with Crippen LogP contribution in [0.4, 0.5) is 17.3 Å².